The van der Waals surface area contributed by atoms with Crippen LogP contribution in [0.2, 0.25) is 0 Å². The van der Waals surface area contributed by atoms with Gasteiger partial charge in [0.2, 0.25) is 0 Å². The van der Waals surface area contributed by atoms with Crippen molar-refractivity contribution in [1.29, 1.82) is 0 Å². The molecule has 0 radical (unpaired) electrons. The minimum absolute atomic E-state index is 0.00308. The summed E-state index contributed by atoms with van der Waals surface area (Å²) in [5.41, 5.74) is 5.52. The Bertz CT molecular complexity index is 491. The van der Waals surface area contributed by atoms with Crippen LogP contribution in [-0.2, 0) is 0 Å². The van der Waals surface area contributed by atoms with Crippen molar-refractivity contribution in [3.63, 3.8) is 0 Å². The van der Waals surface area contributed by atoms with Crippen molar-refractivity contribution >= 4 is 11.6 Å². The molecule has 19 heavy (non-hydrogen) atoms. The van der Waals surface area contributed by atoms with E-state index in [2.05, 4.69) is 12.2 Å². The Kier molecular flexibility index (Phi) is 4.02. The van der Waals surface area contributed by atoms with Crippen LogP contribution in [-0.4, -0.2) is 11.9 Å². The quantitative estimate of drug-likeness (QED) is 0.810. The van der Waals surface area contributed by atoms with Gasteiger partial charge in [-0.2, -0.15) is 0 Å². The summed E-state index contributed by atoms with van der Waals surface area (Å²) >= 11 is 0. The normalized spacial score (nSPS) is 23.1. The first kappa shape index (κ1) is 13.8. The lowest BCUT2D eigenvalue weighted by molar-refractivity contribution is 0.0910. The van der Waals surface area contributed by atoms with Gasteiger partial charge in [0.25, 0.3) is 5.91 Å². The van der Waals surface area contributed by atoms with Gasteiger partial charge in [0.05, 0.1) is 5.56 Å². The van der Waals surface area contributed by atoms with Gasteiger partial charge in [0.15, 0.2) is 11.6 Å². The molecule has 0 saturated heterocycles. The van der Waals surface area contributed by atoms with Gasteiger partial charge in [-0.3, -0.25) is 4.79 Å². The van der Waals surface area contributed by atoms with Crippen LogP contribution >= 0.6 is 0 Å². The topological polar surface area (TPSA) is 55.1 Å². The Morgan fingerprint density at radius 1 is 1.26 bits per heavy atom. The van der Waals surface area contributed by atoms with E-state index in [9.17, 15) is 13.6 Å². The number of nitrogen functional groups attached to an aromatic ring is 1. The van der Waals surface area contributed by atoms with E-state index < -0.39 is 17.5 Å². The third-order valence-corrected chi connectivity index (χ3v) is 3.77. The van der Waals surface area contributed by atoms with Crippen LogP contribution in [0.3, 0.4) is 0 Å². The fraction of sp³-hybridized carbons (Fsp3) is 0.500. The Labute approximate surface area is 111 Å². The molecule has 1 aliphatic rings. The van der Waals surface area contributed by atoms with Gasteiger partial charge >= 0.3 is 0 Å². The van der Waals surface area contributed by atoms with Crippen molar-refractivity contribution in [2.75, 3.05) is 5.73 Å². The summed E-state index contributed by atoms with van der Waals surface area (Å²) in [6.07, 6.45) is 4.22. The molecule has 1 aliphatic carbocycles. The molecular formula is C14H18F2N2O. The Morgan fingerprint density at radius 3 is 2.58 bits per heavy atom. The second-order valence-corrected chi connectivity index (χ2v) is 5.20. The number of nitrogens with two attached hydrogens (primary N) is 1. The predicted molar refractivity (Wildman–Crippen MR) is 69.7 cm³/mol. The molecule has 0 aromatic heterocycles. The van der Waals surface area contributed by atoms with E-state index in [0.717, 1.165) is 31.4 Å². The minimum atomic E-state index is -1.06. The maximum atomic E-state index is 13.2. The average molecular weight is 268 g/mol. The van der Waals surface area contributed by atoms with Crippen molar-refractivity contribution < 1.29 is 13.6 Å². The molecule has 0 heterocycles. The highest BCUT2D eigenvalue weighted by atomic mass is 19.2. The fourth-order valence-corrected chi connectivity index (χ4v) is 2.54. The molecule has 104 valence electrons. The van der Waals surface area contributed by atoms with E-state index in [0.29, 0.717) is 5.92 Å². The van der Waals surface area contributed by atoms with Gasteiger partial charge in [0.1, 0.15) is 0 Å². The lowest BCUT2D eigenvalue weighted by atomic mass is 9.86. The molecule has 1 fully saturated rings. The molecule has 5 heteroatoms. The number of carbonyl (C=O) groups excluding carboxylic acids is 1. The van der Waals surface area contributed by atoms with Crippen LogP contribution < -0.4 is 11.1 Å². The zero-order valence-electron chi connectivity index (χ0n) is 10.9. The Morgan fingerprint density at radius 2 is 1.89 bits per heavy atom. The van der Waals surface area contributed by atoms with Crippen molar-refractivity contribution in [1.82, 2.24) is 5.32 Å². The number of nitrogens with one attached hydrogen (secondary N) is 1. The number of carbonyl (C=O) groups is 1. The summed E-state index contributed by atoms with van der Waals surface area (Å²) < 4.78 is 26.1. The summed E-state index contributed by atoms with van der Waals surface area (Å²) in [4.78, 5) is 12.1. The first-order valence-corrected chi connectivity index (χ1v) is 6.54. The van der Waals surface area contributed by atoms with E-state index in [1.54, 1.807) is 0 Å². The zero-order chi connectivity index (χ0) is 14.0. The lowest BCUT2D eigenvalue weighted by Gasteiger charge is -2.29. The van der Waals surface area contributed by atoms with Gasteiger partial charge in [0, 0.05) is 17.8 Å². The fourth-order valence-electron chi connectivity index (χ4n) is 2.54. The summed E-state index contributed by atoms with van der Waals surface area (Å²) in [5, 5.41) is 2.86. The minimum Gasteiger partial charge on any atom is -0.398 e. The number of anilines is 1. The Balaban J connectivity index is 2.13. The van der Waals surface area contributed by atoms with Crippen LogP contribution in [0, 0.1) is 17.6 Å². The number of amides is 1. The standard InChI is InChI=1S/C14H18F2N2O/c1-8-4-2-3-5-13(8)18-14(19)9-6-10(15)11(16)7-12(9)17/h6-8,13H,2-5,17H2,1H3,(H,18,19). The van der Waals surface area contributed by atoms with E-state index in [-0.39, 0.29) is 17.3 Å². The van der Waals surface area contributed by atoms with Crippen molar-refractivity contribution in [3.05, 3.63) is 29.3 Å². The average Bonchev–Trinajstić information content (AvgIpc) is 2.36. The molecule has 2 unspecified atom stereocenters. The zero-order valence-corrected chi connectivity index (χ0v) is 10.9. The van der Waals surface area contributed by atoms with Crippen LogP contribution in [0.5, 0.6) is 0 Å². The van der Waals surface area contributed by atoms with Gasteiger partial charge in [-0.15, -0.1) is 0 Å². The molecule has 0 aliphatic heterocycles. The Hall–Kier alpha value is -1.65. The maximum Gasteiger partial charge on any atom is 0.253 e. The molecule has 0 spiro atoms. The van der Waals surface area contributed by atoms with Gasteiger partial charge in [-0.05, 0) is 24.8 Å². The molecule has 1 aromatic carbocycles. The van der Waals surface area contributed by atoms with Crippen LogP contribution in [0.1, 0.15) is 43.0 Å². The highest BCUT2D eigenvalue weighted by molar-refractivity contribution is 5.99. The first-order valence-electron chi connectivity index (χ1n) is 6.54. The van der Waals surface area contributed by atoms with Crippen molar-refractivity contribution in [2.45, 2.75) is 38.6 Å². The highest BCUT2D eigenvalue weighted by Crippen LogP contribution is 2.25. The smallest absolute Gasteiger partial charge is 0.253 e. The van der Waals surface area contributed by atoms with Gasteiger partial charge in [-0.1, -0.05) is 19.8 Å². The van der Waals surface area contributed by atoms with Gasteiger partial charge in [-0.25, -0.2) is 8.78 Å². The first-order chi connectivity index (χ1) is 8.99. The lowest BCUT2D eigenvalue weighted by Crippen LogP contribution is -2.41. The summed E-state index contributed by atoms with van der Waals surface area (Å²) in [6, 6.07) is 1.77. The third-order valence-electron chi connectivity index (χ3n) is 3.77. The molecular weight excluding hydrogens is 250 g/mol. The van der Waals surface area contributed by atoms with Crippen LogP contribution in [0.15, 0.2) is 12.1 Å². The maximum absolute atomic E-state index is 13.2. The monoisotopic (exact) mass is 268 g/mol. The van der Waals surface area contributed by atoms with Crippen molar-refractivity contribution in [2.24, 2.45) is 5.92 Å². The molecule has 3 nitrogen and oxygen atoms in total. The number of hydrogen-bond donors (Lipinski definition) is 2. The van der Waals surface area contributed by atoms with E-state index in [1.165, 1.54) is 6.42 Å². The van der Waals surface area contributed by atoms with Crippen molar-refractivity contribution in [3.8, 4) is 0 Å². The molecule has 1 aromatic rings. The molecule has 0 bridgehead atoms. The molecule has 2 atom stereocenters. The SMILES string of the molecule is CC1CCCCC1NC(=O)c1cc(F)c(F)cc1N. The summed E-state index contributed by atoms with van der Waals surface area (Å²) in [7, 11) is 0. The highest BCUT2D eigenvalue weighted by Gasteiger charge is 2.24. The predicted octanol–water partition coefficient (Wildman–Crippen LogP) is 2.86. The summed E-state index contributed by atoms with van der Waals surface area (Å²) in [6.45, 7) is 2.08. The van der Waals surface area contributed by atoms with Gasteiger partial charge < -0.3 is 11.1 Å². The summed E-state index contributed by atoms with van der Waals surface area (Å²) in [5.74, 6) is -2.14. The second-order valence-electron chi connectivity index (χ2n) is 5.20. The number of hydrogen-bond acceptors (Lipinski definition) is 2. The van der Waals surface area contributed by atoms with Crippen LogP contribution in [0.25, 0.3) is 0 Å². The second kappa shape index (κ2) is 5.55. The molecule has 2 rings (SSSR count). The van der Waals surface area contributed by atoms with E-state index in [4.69, 9.17) is 5.73 Å². The molecule has 1 saturated carbocycles. The molecule has 3 N–H and O–H groups in total. The van der Waals surface area contributed by atoms with Crippen LogP contribution in [0.4, 0.5) is 14.5 Å². The third kappa shape index (κ3) is 3.03. The number of halogens is 2. The van der Waals surface area contributed by atoms with E-state index >= 15 is 0 Å². The number of rotatable bonds is 2. The van der Waals surface area contributed by atoms with E-state index in [1.807, 2.05) is 0 Å². The number of benzene rings is 1. The molecule has 1 amide bonds. The largest absolute Gasteiger partial charge is 0.398 e.